The van der Waals surface area contributed by atoms with Gasteiger partial charge < -0.3 is 10.5 Å². The first-order valence-corrected chi connectivity index (χ1v) is 6.21. The lowest BCUT2D eigenvalue weighted by atomic mass is 10.1. The van der Waals surface area contributed by atoms with Crippen LogP contribution in [-0.2, 0) is 11.3 Å². The van der Waals surface area contributed by atoms with Crippen LogP contribution in [-0.4, -0.2) is 31.2 Å². The molecule has 3 nitrogen and oxygen atoms in total. The van der Waals surface area contributed by atoms with Crippen LogP contribution < -0.4 is 5.73 Å². The summed E-state index contributed by atoms with van der Waals surface area (Å²) in [6.45, 7) is 7.32. The van der Waals surface area contributed by atoms with Crippen LogP contribution in [0.3, 0.4) is 0 Å². The average Bonchev–Trinajstić information content (AvgIpc) is 2.30. The topological polar surface area (TPSA) is 38.5 Å². The Balaban J connectivity index is 2.51. The Labute approximate surface area is 105 Å². The number of hydrogen-bond donors (Lipinski definition) is 1. The highest BCUT2D eigenvalue weighted by atomic mass is 16.5. The van der Waals surface area contributed by atoms with E-state index in [1.54, 1.807) is 7.11 Å². The minimum atomic E-state index is 0.546. The molecule has 0 fully saturated rings. The Bertz CT molecular complexity index is 309. The van der Waals surface area contributed by atoms with Gasteiger partial charge in [0.25, 0.3) is 0 Å². The van der Waals surface area contributed by atoms with Gasteiger partial charge in [0, 0.05) is 38.5 Å². The molecule has 0 amide bonds. The molecule has 1 aromatic carbocycles. The molecule has 17 heavy (non-hydrogen) atoms. The Morgan fingerprint density at radius 1 is 1.24 bits per heavy atom. The molecule has 0 bridgehead atoms. The number of nitrogens with zero attached hydrogens (tertiary/aromatic N) is 1. The standard InChI is InChI=1S/C14H24N2O/c1-12(2)16(9-4-10-17-3)11-13-5-7-14(15)8-6-13/h5-8,12H,4,9-11,15H2,1-3H3. The first-order chi connectivity index (χ1) is 8.13. The van der Waals surface area contributed by atoms with Crippen LogP contribution in [0.1, 0.15) is 25.8 Å². The van der Waals surface area contributed by atoms with E-state index in [-0.39, 0.29) is 0 Å². The van der Waals surface area contributed by atoms with Crippen molar-refractivity contribution < 1.29 is 4.74 Å². The van der Waals surface area contributed by atoms with Crippen molar-refractivity contribution in [2.24, 2.45) is 0 Å². The molecule has 0 aliphatic rings. The van der Waals surface area contributed by atoms with Crippen molar-refractivity contribution in [3.8, 4) is 0 Å². The van der Waals surface area contributed by atoms with Crippen molar-refractivity contribution >= 4 is 5.69 Å². The largest absolute Gasteiger partial charge is 0.399 e. The molecule has 0 aromatic heterocycles. The molecule has 0 unspecified atom stereocenters. The van der Waals surface area contributed by atoms with E-state index in [2.05, 4.69) is 30.9 Å². The Hall–Kier alpha value is -1.06. The molecule has 0 aliphatic heterocycles. The second-order valence-corrected chi connectivity index (χ2v) is 4.65. The normalized spacial score (nSPS) is 11.4. The van der Waals surface area contributed by atoms with Crippen molar-refractivity contribution in [1.29, 1.82) is 0 Å². The fraction of sp³-hybridized carbons (Fsp3) is 0.571. The number of ether oxygens (including phenoxy) is 1. The van der Waals surface area contributed by atoms with Crippen LogP contribution in [0.4, 0.5) is 5.69 Å². The number of anilines is 1. The molecular formula is C14H24N2O. The quantitative estimate of drug-likeness (QED) is 0.584. The third kappa shape index (κ3) is 5.20. The monoisotopic (exact) mass is 236 g/mol. The van der Waals surface area contributed by atoms with Crippen LogP contribution in [0.15, 0.2) is 24.3 Å². The van der Waals surface area contributed by atoms with E-state index in [0.29, 0.717) is 6.04 Å². The predicted molar refractivity (Wildman–Crippen MR) is 72.9 cm³/mol. The SMILES string of the molecule is COCCCN(Cc1ccc(N)cc1)C(C)C. The summed E-state index contributed by atoms with van der Waals surface area (Å²) in [7, 11) is 1.75. The molecule has 0 atom stereocenters. The van der Waals surface area contributed by atoms with Crippen LogP contribution in [0.5, 0.6) is 0 Å². The molecule has 0 radical (unpaired) electrons. The third-order valence-corrected chi connectivity index (χ3v) is 2.89. The predicted octanol–water partition coefficient (Wildman–Crippen LogP) is 2.52. The van der Waals surface area contributed by atoms with Crippen molar-refractivity contribution in [3.05, 3.63) is 29.8 Å². The van der Waals surface area contributed by atoms with Gasteiger partial charge in [0.1, 0.15) is 0 Å². The van der Waals surface area contributed by atoms with E-state index >= 15 is 0 Å². The van der Waals surface area contributed by atoms with Gasteiger partial charge in [0.05, 0.1) is 0 Å². The first-order valence-electron chi connectivity index (χ1n) is 6.21. The zero-order chi connectivity index (χ0) is 12.7. The van der Waals surface area contributed by atoms with E-state index in [9.17, 15) is 0 Å². The Kier molecular flexibility index (Phi) is 6.01. The molecule has 3 heteroatoms. The van der Waals surface area contributed by atoms with Crippen LogP contribution in [0.25, 0.3) is 0 Å². The van der Waals surface area contributed by atoms with E-state index in [1.165, 1.54) is 5.56 Å². The maximum absolute atomic E-state index is 5.69. The van der Waals surface area contributed by atoms with Gasteiger partial charge >= 0.3 is 0 Å². The van der Waals surface area contributed by atoms with Crippen molar-refractivity contribution in [3.63, 3.8) is 0 Å². The molecular weight excluding hydrogens is 212 g/mol. The van der Waals surface area contributed by atoms with Gasteiger partial charge in [-0.1, -0.05) is 12.1 Å². The summed E-state index contributed by atoms with van der Waals surface area (Å²) in [4.78, 5) is 2.45. The summed E-state index contributed by atoms with van der Waals surface area (Å²) in [6.07, 6.45) is 1.07. The molecule has 1 aromatic rings. The van der Waals surface area contributed by atoms with Gasteiger partial charge in [-0.25, -0.2) is 0 Å². The summed E-state index contributed by atoms with van der Waals surface area (Å²) in [5.74, 6) is 0. The Morgan fingerprint density at radius 2 is 1.88 bits per heavy atom. The fourth-order valence-corrected chi connectivity index (χ4v) is 1.79. The number of nitrogen functional groups attached to an aromatic ring is 1. The van der Waals surface area contributed by atoms with E-state index in [4.69, 9.17) is 10.5 Å². The average molecular weight is 236 g/mol. The van der Waals surface area contributed by atoms with Crippen LogP contribution in [0, 0.1) is 0 Å². The van der Waals surface area contributed by atoms with Crippen molar-refractivity contribution in [2.45, 2.75) is 32.9 Å². The molecule has 2 N–H and O–H groups in total. The summed E-state index contributed by atoms with van der Waals surface area (Å²) in [6, 6.07) is 8.66. The summed E-state index contributed by atoms with van der Waals surface area (Å²) in [5.41, 5.74) is 7.82. The highest BCUT2D eigenvalue weighted by Gasteiger charge is 2.09. The maximum Gasteiger partial charge on any atom is 0.0474 e. The molecule has 1 rings (SSSR count). The first kappa shape index (κ1) is 14.0. The summed E-state index contributed by atoms with van der Waals surface area (Å²) in [5, 5.41) is 0. The van der Waals surface area contributed by atoms with Crippen molar-refractivity contribution in [1.82, 2.24) is 4.90 Å². The zero-order valence-corrected chi connectivity index (χ0v) is 11.1. The van der Waals surface area contributed by atoms with E-state index in [1.807, 2.05) is 12.1 Å². The van der Waals surface area contributed by atoms with Gasteiger partial charge in [-0.2, -0.15) is 0 Å². The van der Waals surface area contributed by atoms with Crippen molar-refractivity contribution in [2.75, 3.05) is 26.0 Å². The smallest absolute Gasteiger partial charge is 0.0474 e. The minimum Gasteiger partial charge on any atom is -0.399 e. The van der Waals surface area contributed by atoms with E-state index < -0.39 is 0 Å². The van der Waals surface area contributed by atoms with Crippen LogP contribution >= 0.6 is 0 Å². The summed E-state index contributed by atoms with van der Waals surface area (Å²) < 4.78 is 5.09. The second-order valence-electron chi connectivity index (χ2n) is 4.65. The van der Waals surface area contributed by atoms with Gasteiger partial charge in [-0.3, -0.25) is 4.90 Å². The molecule has 0 heterocycles. The maximum atomic E-state index is 5.69. The third-order valence-electron chi connectivity index (χ3n) is 2.89. The number of methoxy groups -OCH3 is 1. The van der Waals surface area contributed by atoms with E-state index in [0.717, 1.165) is 31.8 Å². The highest BCUT2D eigenvalue weighted by Crippen LogP contribution is 2.11. The van der Waals surface area contributed by atoms with Gasteiger partial charge in [-0.05, 0) is 38.0 Å². The van der Waals surface area contributed by atoms with Gasteiger partial charge in [0.2, 0.25) is 0 Å². The molecule has 0 aliphatic carbocycles. The number of rotatable bonds is 7. The lowest BCUT2D eigenvalue weighted by Crippen LogP contribution is -2.31. The Morgan fingerprint density at radius 3 is 2.41 bits per heavy atom. The van der Waals surface area contributed by atoms with Crippen LogP contribution in [0.2, 0.25) is 0 Å². The number of nitrogens with two attached hydrogens (primary N) is 1. The zero-order valence-electron chi connectivity index (χ0n) is 11.1. The minimum absolute atomic E-state index is 0.546. The fourth-order valence-electron chi connectivity index (χ4n) is 1.79. The van der Waals surface area contributed by atoms with Gasteiger partial charge in [0.15, 0.2) is 0 Å². The second kappa shape index (κ2) is 7.30. The lowest BCUT2D eigenvalue weighted by Gasteiger charge is -2.26. The summed E-state index contributed by atoms with van der Waals surface area (Å²) >= 11 is 0. The number of hydrogen-bond acceptors (Lipinski definition) is 3. The molecule has 96 valence electrons. The lowest BCUT2D eigenvalue weighted by molar-refractivity contribution is 0.154. The molecule has 0 spiro atoms. The highest BCUT2D eigenvalue weighted by molar-refractivity contribution is 5.39. The molecule has 0 saturated heterocycles. The molecule has 0 saturated carbocycles. The number of benzene rings is 1. The van der Waals surface area contributed by atoms with Gasteiger partial charge in [-0.15, -0.1) is 0 Å².